The number of benzene rings is 8. The Morgan fingerprint density at radius 1 is 0.616 bits per heavy atom. The Hall–Kier alpha value is -8.74. The van der Waals surface area contributed by atoms with Gasteiger partial charge in [-0.15, -0.1) is 0 Å². The number of nitrogens with one attached hydrogen (secondary N) is 1. The molecule has 2 aliphatic heterocycles. The van der Waals surface area contributed by atoms with Crippen molar-refractivity contribution in [2.75, 3.05) is 4.90 Å². The van der Waals surface area contributed by atoms with Crippen LogP contribution in [-0.4, -0.2) is 12.2 Å². The molecular formula is C67H50N2O4. The molecule has 6 heteroatoms. The lowest BCUT2D eigenvalue weighted by Gasteiger charge is -2.25. The summed E-state index contributed by atoms with van der Waals surface area (Å²) in [6.07, 6.45) is 29.5. The lowest BCUT2D eigenvalue weighted by atomic mass is 9.81. The molecule has 6 nitrogen and oxygen atoms in total. The highest BCUT2D eigenvalue weighted by molar-refractivity contribution is 6.19. The first kappa shape index (κ1) is 42.0. The summed E-state index contributed by atoms with van der Waals surface area (Å²) < 4.78 is 26.7. The van der Waals surface area contributed by atoms with E-state index in [9.17, 15) is 0 Å². The predicted octanol–water partition coefficient (Wildman–Crippen LogP) is 17.6. The van der Waals surface area contributed by atoms with Crippen molar-refractivity contribution in [3.8, 4) is 11.5 Å². The Morgan fingerprint density at radius 3 is 2.33 bits per heavy atom. The molecule has 15 rings (SSSR count). The van der Waals surface area contributed by atoms with Crippen molar-refractivity contribution in [3.05, 3.63) is 234 Å². The molecule has 4 heterocycles. The van der Waals surface area contributed by atoms with Crippen LogP contribution in [0.1, 0.15) is 60.3 Å². The quantitative estimate of drug-likeness (QED) is 0.164. The lowest BCUT2D eigenvalue weighted by molar-refractivity contribution is 0.246. The smallest absolute Gasteiger partial charge is 0.137 e. The van der Waals surface area contributed by atoms with Crippen LogP contribution >= 0.6 is 0 Å². The van der Waals surface area contributed by atoms with Gasteiger partial charge in [0.15, 0.2) is 0 Å². The molecule has 5 atom stereocenters. The molecule has 0 saturated heterocycles. The van der Waals surface area contributed by atoms with Crippen LogP contribution < -0.4 is 19.7 Å². The van der Waals surface area contributed by atoms with Crippen LogP contribution in [0.3, 0.4) is 0 Å². The van der Waals surface area contributed by atoms with Crippen molar-refractivity contribution in [3.63, 3.8) is 0 Å². The van der Waals surface area contributed by atoms with Gasteiger partial charge in [0, 0.05) is 85.3 Å². The topological polar surface area (TPSA) is 60.0 Å². The van der Waals surface area contributed by atoms with Crippen LogP contribution in [0, 0.1) is 5.92 Å². The molecule has 3 aliphatic carbocycles. The van der Waals surface area contributed by atoms with Crippen LogP contribution in [-0.2, 0) is 0 Å². The number of para-hydroxylation sites is 1. The number of furan rings is 2. The largest absolute Gasteiger partial charge is 0.485 e. The maximum absolute atomic E-state index is 6.75. The number of hydrogen-bond donors (Lipinski definition) is 1. The molecule has 0 amide bonds. The molecule has 1 N–H and O–H groups in total. The Kier molecular flexibility index (Phi) is 9.59. The minimum Gasteiger partial charge on any atom is -0.485 e. The van der Waals surface area contributed by atoms with E-state index in [1.807, 2.05) is 6.20 Å². The van der Waals surface area contributed by atoms with Crippen LogP contribution in [0.15, 0.2) is 221 Å². The first-order valence-corrected chi connectivity index (χ1v) is 25.7. The molecule has 5 unspecified atom stereocenters. The van der Waals surface area contributed by atoms with Gasteiger partial charge in [0.05, 0.1) is 0 Å². The minimum absolute atomic E-state index is 0.00587. The number of ether oxygens (including phenoxy) is 2. The van der Waals surface area contributed by atoms with E-state index in [4.69, 9.17) is 18.3 Å². The summed E-state index contributed by atoms with van der Waals surface area (Å²) in [5.74, 6) is 2.95. The number of fused-ring (bicyclic) bond motifs is 15. The highest BCUT2D eigenvalue weighted by Crippen LogP contribution is 2.49. The van der Waals surface area contributed by atoms with Gasteiger partial charge in [-0.1, -0.05) is 110 Å². The number of rotatable bonds is 8. The Labute approximate surface area is 422 Å². The van der Waals surface area contributed by atoms with E-state index in [-0.39, 0.29) is 18.1 Å². The summed E-state index contributed by atoms with van der Waals surface area (Å²) >= 11 is 0. The van der Waals surface area contributed by atoms with Crippen molar-refractivity contribution < 1.29 is 18.3 Å². The Balaban J connectivity index is 0.703. The number of allylic oxidation sites excluding steroid dienone is 8. The first-order valence-electron chi connectivity index (χ1n) is 25.7. The third kappa shape index (κ3) is 6.99. The van der Waals surface area contributed by atoms with E-state index in [1.54, 1.807) is 0 Å². The zero-order valence-corrected chi connectivity index (χ0v) is 40.3. The fourth-order valence-electron chi connectivity index (χ4n) is 12.4. The first-order chi connectivity index (χ1) is 36.0. The van der Waals surface area contributed by atoms with Gasteiger partial charge in [0.25, 0.3) is 0 Å². The summed E-state index contributed by atoms with van der Waals surface area (Å²) in [6.45, 7) is 2.34. The van der Waals surface area contributed by atoms with Gasteiger partial charge in [-0.2, -0.15) is 0 Å². The van der Waals surface area contributed by atoms with Crippen molar-refractivity contribution >= 4 is 94.1 Å². The van der Waals surface area contributed by atoms with E-state index in [2.05, 4.69) is 224 Å². The molecule has 0 fully saturated rings. The van der Waals surface area contributed by atoms with Crippen LogP contribution in [0.5, 0.6) is 11.5 Å². The van der Waals surface area contributed by atoms with E-state index in [0.717, 1.165) is 108 Å². The Morgan fingerprint density at radius 2 is 1.44 bits per heavy atom. The van der Waals surface area contributed by atoms with Gasteiger partial charge in [-0.3, -0.25) is 0 Å². The van der Waals surface area contributed by atoms with Crippen LogP contribution in [0.2, 0.25) is 0 Å². The number of anilines is 3. The molecule has 73 heavy (non-hydrogen) atoms. The maximum Gasteiger partial charge on any atom is 0.137 e. The summed E-state index contributed by atoms with van der Waals surface area (Å²) in [6, 6.07) is 49.6. The van der Waals surface area contributed by atoms with Gasteiger partial charge in [0.1, 0.15) is 46.0 Å². The third-order valence-corrected chi connectivity index (χ3v) is 15.9. The third-order valence-electron chi connectivity index (χ3n) is 15.9. The van der Waals surface area contributed by atoms with Gasteiger partial charge in [-0.25, -0.2) is 0 Å². The van der Waals surface area contributed by atoms with Crippen molar-refractivity contribution in [1.82, 2.24) is 5.32 Å². The highest BCUT2D eigenvalue weighted by atomic mass is 16.5. The normalized spacial score (nSPS) is 21.1. The predicted molar refractivity (Wildman–Crippen MR) is 299 cm³/mol. The second-order valence-corrected chi connectivity index (χ2v) is 20.3. The SMILES string of the molecule is CC1CC=Cc2ccc3c(c21)/C(=C/C=C/NC1=CC2Oc4cc5cc6c(cc5cc4C2C=C1)oc1cc(N(c2ccccc2)c2ccc4c(c2)oc2ccc5ccccc5c24)ccc16)C(CC1C=CC=CC1)O3. The molecular weight excluding hydrogens is 897 g/mol. The van der Waals surface area contributed by atoms with Crippen molar-refractivity contribution in [1.29, 1.82) is 0 Å². The minimum atomic E-state index is -0.105. The molecule has 5 aliphatic rings. The summed E-state index contributed by atoms with van der Waals surface area (Å²) in [4.78, 5) is 2.27. The molecule has 2 aromatic heterocycles. The standard InChI is InChI=1S/C67H50N2O4/c1-40-12-10-16-43-22-30-58-67(65(40)43)53(59(71-58)32-41-13-4-2-5-14-41)20-11-31-68-46-23-26-51-55-33-44-36-61-56(34-45(44)35-60(55)72-62(51)37-46)52-27-24-48(38-63(52)73-61)69(47-17-6-3-7-18-47)49-25-28-54-64(39-49)70-57-29-21-42-15-8-9-19-50(42)66(54)57/h2-11,13,15-31,33-41,51,59,62,68H,12,14,32H2,1H3/b31-11+,53-20+. The zero-order valence-electron chi connectivity index (χ0n) is 40.3. The highest BCUT2D eigenvalue weighted by Gasteiger charge is 2.36. The molecule has 0 radical (unpaired) electrons. The van der Waals surface area contributed by atoms with Crippen molar-refractivity contribution in [2.24, 2.45) is 5.92 Å². The van der Waals surface area contributed by atoms with Gasteiger partial charge in [-0.05, 0) is 155 Å². The van der Waals surface area contributed by atoms with Crippen LogP contribution in [0.25, 0.3) is 77.1 Å². The van der Waals surface area contributed by atoms with Gasteiger partial charge < -0.3 is 28.5 Å². The maximum atomic E-state index is 6.75. The molecule has 8 aromatic carbocycles. The Bertz CT molecular complexity index is 4160. The zero-order chi connectivity index (χ0) is 48.1. The number of hydrogen-bond acceptors (Lipinski definition) is 6. The van der Waals surface area contributed by atoms with E-state index in [1.165, 1.54) is 38.6 Å². The second kappa shape index (κ2) is 16.7. The average molecular weight is 947 g/mol. The lowest BCUT2D eigenvalue weighted by Crippen LogP contribution is -2.20. The number of nitrogens with zero attached hydrogens (tertiary/aromatic N) is 1. The summed E-state index contributed by atoms with van der Waals surface area (Å²) in [5.41, 5.74) is 13.9. The fraction of sp³-hybridized carbons (Fsp3) is 0.134. The van der Waals surface area contributed by atoms with E-state index >= 15 is 0 Å². The average Bonchev–Trinajstić information content (AvgIpc) is 4.19. The monoisotopic (exact) mass is 946 g/mol. The van der Waals surface area contributed by atoms with Crippen molar-refractivity contribution in [2.45, 2.75) is 50.2 Å². The molecule has 352 valence electrons. The van der Waals surface area contributed by atoms with E-state index in [0.29, 0.717) is 11.8 Å². The van der Waals surface area contributed by atoms with Gasteiger partial charge in [0.2, 0.25) is 0 Å². The molecule has 0 bridgehead atoms. The summed E-state index contributed by atoms with van der Waals surface area (Å²) in [7, 11) is 0. The molecule has 0 spiro atoms. The summed E-state index contributed by atoms with van der Waals surface area (Å²) in [5, 5.41) is 12.6. The van der Waals surface area contributed by atoms with E-state index < -0.39 is 0 Å². The second-order valence-electron chi connectivity index (χ2n) is 20.3. The van der Waals surface area contributed by atoms with Crippen LogP contribution in [0.4, 0.5) is 17.1 Å². The fourth-order valence-corrected chi connectivity index (χ4v) is 12.4. The molecule has 0 saturated carbocycles. The molecule has 10 aromatic rings. The van der Waals surface area contributed by atoms with Gasteiger partial charge >= 0.3 is 0 Å².